The van der Waals surface area contributed by atoms with Crippen LogP contribution in [0.5, 0.6) is 0 Å². The second-order valence-corrected chi connectivity index (χ2v) is 4.90. The summed E-state index contributed by atoms with van der Waals surface area (Å²) in [4.78, 5) is 13.9. The number of likely N-dealkylation sites (N-methyl/N-ethyl adjacent to an activating group) is 1. The number of hydrogen-bond donors (Lipinski definition) is 0. The van der Waals surface area contributed by atoms with E-state index in [1.165, 1.54) is 25.3 Å². The van der Waals surface area contributed by atoms with Crippen LogP contribution in [0.15, 0.2) is 24.3 Å². The highest BCUT2D eigenvalue weighted by Crippen LogP contribution is 2.26. The average molecular weight is 235 g/mol. The molecule has 0 aromatic heterocycles. The number of Topliss-reactive ketones (excluding diaryl/α,β-unsaturated/α-hetero) is 1. The molecule has 0 N–H and O–H groups in total. The van der Waals surface area contributed by atoms with E-state index in [9.17, 15) is 9.18 Å². The van der Waals surface area contributed by atoms with E-state index >= 15 is 0 Å². The topological polar surface area (TPSA) is 20.3 Å². The lowest BCUT2D eigenvalue weighted by Crippen LogP contribution is -2.33. The zero-order valence-electron chi connectivity index (χ0n) is 10.2. The quantitative estimate of drug-likeness (QED) is 0.731. The minimum Gasteiger partial charge on any atom is -0.299 e. The minimum atomic E-state index is -0.422. The Balaban J connectivity index is 1.89. The molecule has 17 heavy (non-hydrogen) atoms. The Kier molecular flexibility index (Phi) is 3.89. The lowest BCUT2D eigenvalue weighted by molar-refractivity contribution is 0.0921. The molecular weight excluding hydrogens is 217 g/mol. The first-order chi connectivity index (χ1) is 8.16. The van der Waals surface area contributed by atoms with E-state index in [0.29, 0.717) is 6.54 Å². The Morgan fingerprint density at radius 3 is 2.71 bits per heavy atom. The van der Waals surface area contributed by atoms with Crippen LogP contribution >= 0.6 is 0 Å². The Bertz CT molecular complexity index is 401. The molecule has 1 saturated carbocycles. The first kappa shape index (κ1) is 12.2. The Labute approximate surface area is 101 Å². The first-order valence-electron chi connectivity index (χ1n) is 6.13. The Morgan fingerprint density at radius 1 is 1.41 bits per heavy atom. The normalized spacial score (nSPS) is 15.9. The number of halogens is 1. The SMILES string of the molecule is CN(CC(=O)c1ccccc1F)CC1CCC1. The molecule has 2 rings (SSSR count). The second kappa shape index (κ2) is 5.41. The van der Waals surface area contributed by atoms with Gasteiger partial charge < -0.3 is 0 Å². The van der Waals surface area contributed by atoms with Crippen LogP contribution in [0.1, 0.15) is 29.6 Å². The number of rotatable bonds is 5. The molecule has 3 heteroatoms. The van der Waals surface area contributed by atoms with Crippen LogP contribution < -0.4 is 0 Å². The molecule has 2 nitrogen and oxygen atoms in total. The molecule has 1 aliphatic carbocycles. The summed E-state index contributed by atoms with van der Waals surface area (Å²) in [5.41, 5.74) is 0.202. The van der Waals surface area contributed by atoms with E-state index in [1.54, 1.807) is 18.2 Å². The van der Waals surface area contributed by atoms with Crippen LogP contribution in [-0.4, -0.2) is 30.8 Å². The molecule has 0 bridgehead atoms. The zero-order chi connectivity index (χ0) is 12.3. The van der Waals surface area contributed by atoms with Crippen LogP contribution in [0.2, 0.25) is 0 Å². The van der Waals surface area contributed by atoms with Crippen molar-refractivity contribution in [2.24, 2.45) is 5.92 Å². The summed E-state index contributed by atoms with van der Waals surface area (Å²) in [6, 6.07) is 6.18. The molecule has 1 aliphatic rings. The highest BCUT2D eigenvalue weighted by Gasteiger charge is 2.20. The van der Waals surface area contributed by atoms with Gasteiger partial charge in [-0.3, -0.25) is 9.69 Å². The van der Waals surface area contributed by atoms with Crippen LogP contribution in [0.25, 0.3) is 0 Å². The summed E-state index contributed by atoms with van der Waals surface area (Å²) in [6.07, 6.45) is 3.83. The minimum absolute atomic E-state index is 0.134. The molecule has 0 saturated heterocycles. The highest BCUT2D eigenvalue weighted by molar-refractivity contribution is 5.97. The van der Waals surface area contributed by atoms with Crippen molar-refractivity contribution < 1.29 is 9.18 Å². The van der Waals surface area contributed by atoms with E-state index < -0.39 is 5.82 Å². The maximum absolute atomic E-state index is 13.4. The van der Waals surface area contributed by atoms with Crippen molar-refractivity contribution in [1.82, 2.24) is 4.90 Å². The van der Waals surface area contributed by atoms with E-state index in [2.05, 4.69) is 0 Å². The summed E-state index contributed by atoms with van der Waals surface area (Å²) in [7, 11) is 1.93. The van der Waals surface area contributed by atoms with Crippen molar-refractivity contribution in [3.8, 4) is 0 Å². The van der Waals surface area contributed by atoms with Gasteiger partial charge in [0.1, 0.15) is 5.82 Å². The van der Waals surface area contributed by atoms with Crippen LogP contribution in [0.4, 0.5) is 4.39 Å². The Hall–Kier alpha value is -1.22. The third-order valence-electron chi connectivity index (χ3n) is 3.38. The lowest BCUT2D eigenvalue weighted by atomic mass is 9.85. The molecule has 1 aromatic carbocycles. The average Bonchev–Trinajstić information content (AvgIpc) is 2.24. The van der Waals surface area contributed by atoms with E-state index in [-0.39, 0.29) is 11.3 Å². The third-order valence-corrected chi connectivity index (χ3v) is 3.38. The van der Waals surface area contributed by atoms with Gasteiger partial charge in [0.05, 0.1) is 12.1 Å². The fourth-order valence-corrected chi connectivity index (χ4v) is 2.20. The first-order valence-corrected chi connectivity index (χ1v) is 6.13. The van der Waals surface area contributed by atoms with Crippen molar-refractivity contribution in [2.45, 2.75) is 19.3 Å². The standard InChI is InChI=1S/C14H18FNO/c1-16(9-11-5-4-6-11)10-14(17)12-7-2-3-8-13(12)15/h2-3,7-8,11H,4-6,9-10H2,1H3. The van der Waals surface area contributed by atoms with Gasteiger partial charge in [-0.15, -0.1) is 0 Å². The van der Waals surface area contributed by atoms with Crippen molar-refractivity contribution >= 4 is 5.78 Å². The fraction of sp³-hybridized carbons (Fsp3) is 0.500. The lowest BCUT2D eigenvalue weighted by Gasteiger charge is -2.29. The number of ketones is 1. The van der Waals surface area contributed by atoms with Gasteiger partial charge in [0.2, 0.25) is 0 Å². The van der Waals surface area contributed by atoms with Gasteiger partial charge in [0.15, 0.2) is 5.78 Å². The molecule has 1 fully saturated rings. The van der Waals surface area contributed by atoms with Crippen LogP contribution in [0, 0.1) is 11.7 Å². The molecule has 92 valence electrons. The summed E-state index contributed by atoms with van der Waals surface area (Å²) >= 11 is 0. The molecular formula is C14H18FNO. The predicted molar refractivity (Wildman–Crippen MR) is 65.6 cm³/mol. The summed E-state index contributed by atoms with van der Waals surface area (Å²) < 4.78 is 13.4. The van der Waals surface area contributed by atoms with Gasteiger partial charge in [-0.2, -0.15) is 0 Å². The molecule has 0 atom stereocenters. The molecule has 0 radical (unpaired) electrons. The molecule has 0 amide bonds. The summed E-state index contributed by atoms with van der Waals surface area (Å²) in [5.74, 6) is 0.174. The smallest absolute Gasteiger partial charge is 0.179 e. The van der Waals surface area contributed by atoms with Gasteiger partial charge in [0.25, 0.3) is 0 Å². The van der Waals surface area contributed by atoms with Gasteiger partial charge in [-0.1, -0.05) is 18.6 Å². The fourth-order valence-electron chi connectivity index (χ4n) is 2.20. The van der Waals surface area contributed by atoms with Crippen LogP contribution in [0.3, 0.4) is 0 Å². The molecule has 0 spiro atoms. The number of carbonyl (C=O) groups is 1. The van der Waals surface area contributed by atoms with Crippen molar-refractivity contribution in [3.63, 3.8) is 0 Å². The maximum atomic E-state index is 13.4. The van der Waals surface area contributed by atoms with Gasteiger partial charge >= 0.3 is 0 Å². The maximum Gasteiger partial charge on any atom is 0.179 e. The van der Waals surface area contributed by atoms with Crippen molar-refractivity contribution in [3.05, 3.63) is 35.6 Å². The van der Waals surface area contributed by atoms with E-state index in [0.717, 1.165) is 12.5 Å². The zero-order valence-corrected chi connectivity index (χ0v) is 10.2. The molecule has 0 aliphatic heterocycles. The van der Waals surface area contributed by atoms with Gasteiger partial charge in [0, 0.05) is 6.54 Å². The third kappa shape index (κ3) is 3.13. The van der Waals surface area contributed by atoms with Crippen molar-refractivity contribution in [1.29, 1.82) is 0 Å². The highest BCUT2D eigenvalue weighted by atomic mass is 19.1. The largest absolute Gasteiger partial charge is 0.299 e. The number of hydrogen-bond acceptors (Lipinski definition) is 2. The molecule has 1 aromatic rings. The van der Waals surface area contributed by atoms with Crippen molar-refractivity contribution in [2.75, 3.05) is 20.1 Å². The molecule has 0 heterocycles. The van der Waals surface area contributed by atoms with E-state index in [4.69, 9.17) is 0 Å². The summed E-state index contributed by atoms with van der Waals surface area (Å²) in [6.45, 7) is 1.25. The molecule has 0 unspecified atom stereocenters. The van der Waals surface area contributed by atoms with Crippen LogP contribution in [-0.2, 0) is 0 Å². The monoisotopic (exact) mass is 235 g/mol. The van der Waals surface area contributed by atoms with Gasteiger partial charge in [-0.05, 0) is 37.9 Å². The second-order valence-electron chi connectivity index (χ2n) is 4.90. The number of benzene rings is 1. The number of nitrogens with zero attached hydrogens (tertiary/aromatic N) is 1. The Morgan fingerprint density at radius 2 is 2.12 bits per heavy atom. The predicted octanol–water partition coefficient (Wildman–Crippen LogP) is 2.74. The van der Waals surface area contributed by atoms with E-state index in [1.807, 2.05) is 11.9 Å². The van der Waals surface area contributed by atoms with Gasteiger partial charge in [-0.25, -0.2) is 4.39 Å². The number of carbonyl (C=O) groups excluding carboxylic acids is 1. The summed E-state index contributed by atoms with van der Waals surface area (Å²) in [5, 5.41) is 0.